The first-order chi connectivity index (χ1) is 9.10. The first-order valence-corrected chi connectivity index (χ1v) is 6.52. The van der Waals surface area contributed by atoms with Gasteiger partial charge >= 0.3 is 0 Å². The van der Waals surface area contributed by atoms with Gasteiger partial charge in [-0.2, -0.15) is 0 Å². The predicted molar refractivity (Wildman–Crippen MR) is 79.2 cm³/mol. The topological polar surface area (TPSA) is 38.0 Å². The Bertz CT molecular complexity index is 549. The van der Waals surface area contributed by atoms with Gasteiger partial charge < -0.3 is 11.1 Å². The van der Waals surface area contributed by atoms with Gasteiger partial charge in [0.2, 0.25) is 0 Å². The average Bonchev–Trinajstić information content (AvgIpc) is 2.43. The number of nitrogens with one attached hydrogen (secondary N) is 1. The van der Waals surface area contributed by atoms with Crippen LogP contribution >= 0.6 is 0 Å². The highest BCUT2D eigenvalue weighted by atomic mass is 19.1. The molecule has 1 unspecified atom stereocenters. The third kappa shape index (κ3) is 3.25. The van der Waals surface area contributed by atoms with Crippen LogP contribution in [0.5, 0.6) is 0 Å². The number of nitrogens with two attached hydrogens (primary N) is 1. The summed E-state index contributed by atoms with van der Waals surface area (Å²) in [6.07, 6.45) is 1.12. The van der Waals surface area contributed by atoms with Gasteiger partial charge in [-0.25, -0.2) is 4.39 Å². The highest BCUT2D eigenvalue weighted by molar-refractivity contribution is 5.62. The van der Waals surface area contributed by atoms with Gasteiger partial charge in [0.15, 0.2) is 0 Å². The molecule has 1 atom stereocenters. The SMILES string of the molecule is CCC(C)c1ccc(Nc2ccc(N)c(F)c2)cc1. The largest absolute Gasteiger partial charge is 0.396 e. The second-order valence-corrected chi connectivity index (χ2v) is 4.79. The molecule has 0 aliphatic heterocycles. The van der Waals surface area contributed by atoms with Gasteiger partial charge in [0, 0.05) is 11.4 Å². The molecule has 0 aliphatic rings. The minimum atomic E-state index is -0.402. The lowest BCUT2D eigenvalue weighted by Crippen LogP contribution is -1.95. The molecule has 19 heavy (non-hydrogen) atoms. The molecule has 100 valence electrons. The van der Waals surface area contributed by atoms with Crippen molar-refractivity contribution in [2.24, 2.45) is 0 Å². The summed E-state index contributed by atoms with van der Waals surface area (Å²) in [6.45, 7) is 4.38. The van der Waals surface area contributed by atoms with Crippen LogP contribution in [0.4, 0.5) is 21.5 Å². The Morgan fingerprint density at radius 2 is 1.74 bits per heavy atom. The second-order valence-electron chi connectivity index (χ2n) is 4.79. The minimum absolute atomic E-state index is 0.165. The van der Waals surface area contributed by atoms with Gasteiger partial charge in [-0.05, 0) is 48.2 Å². The molecule has 0 radical (unpaired) electrons. The molecule has 0 spiro atoms. The summed E-state index contributed by atoms with van der Waals surface area (Å²) in [5, 5.41) is 3.16. The van der Waals surface area contributed by atoms with E-state index < -0.39 is 5.82 Å². The molecule has 2 rings (SSSR count). The van der Waals surface area contributed by atoms with Crippen molar-refractivity contribution in [2.75, 3.05) is 11.1 Å². The van der Waals surface area contributed by atoms with Crippen molar-refractivity contribution in [1.82, 2.24) is 0 Å². The van der Waals surface area contributed by atoms with Crippen molar-refractivity contribution in [1.29, 1.82) is 0 Å². The maximum atomic E-state index is 13.3. The third-order valence-electron chi connectivity index (χ3n) is 3.38. The van der Waals surface area contributed by atoms with Crippen LogP contribution in [0.2, 0.25) is 0 Å². The first kappa shape index (κ1) is 13.4. The monoisotopic (exact) mass is 258 g/mol. The van der Waals surface area contributed by atoms with Crippen LogP contribution in [-0.2, 0) is 0 Å². The third-order valence-corrected chi connectivity index (χ3v) is 3.38. The van der Waals surface area contributed by atoms with Gasteiger partial charge in [-0.3, -0.25) is 0 Å². The predicted octanol–water partition coefficient (Wildman–Crippen LogP) is 4.67. The van der Waals surface area contributed by atoms with E-state index in [0.29, 0.717) is 11.6 Å². The molecular weight excluding hydrogens is 239 g/mol. The summed E-state index contributed by atoms with van der Waals surface area (Å²) in [4.78, 5) is 0. The standard InChI is InChI=1S/C16H19FN2/c1-3-11(2)12-4-6-13(7-5-12)19-14-8-9-16(18)15(17)10-14/h4-11,19H,3,18H2,1-2H3. The van der Waals surface area contributed by atoms with Crippen LogP contribution in [0.15, 0.2) is 42.5 Å². The van der Waals surface area contributed by atoms with E-state index in [1.54, 1.807) is 12.1 Å². The number of halogens is 1. The van der Waals surface area contributed by atoms with Gasteiger partial charge in [0.25, 0.3) is 0 Å². The average molecular weight is 258 g/mol. The number of nitrogen functional groups attached to an aromatic ring is 1. The molecular formula is C16H19FN2. The molecule has 0 amide bonds. The van der Waals surface area contributed by atoms with Crippen molar-refractivity contribution >= 4 is 17.1 Å². The second kappa shape index (κ2) is 5.74. The molecule has 2 aromatic rings. The molecule has 0 bridgehead atoms. The molecule has 3 heteroatoms. The van der Waals surface area contributed by atoms with E-state index >= 15 is 0 Å². The zero-order valence-corrected chi connectivity index (χ0v) is 11.3. The first-order valence-electron chi connectivity index (χ1n) is 6.52. The minimum Gasteiger partial charge on any atom is -0.396 e. The molecule has 0 heterocycles. The molecule has 3 N–H and O–H groups in total. The fraction of sp³-hybridized carbons (Fsp3) is 0.250. The highest BCUT2D eigenvalue weighted by Crippen LogP contribution is 2.23. The van der Waals surface area contributed by atoms with Crippen LogP contribution in [0, 0.1) is 5.82 Å². The summed E-state index contributed by atoms with van der Waals surface area (Å²) in [7, 11) is 0. The smallest absolute Gasteiger partial charge is 0.148 e. The molecule has 0 saturated heterocycles. The molecule has 2 aromatic carbocycles. The van der Waals surface area contributed by atoms with E-state index in [1.807, 2.05) is 12.1 Å². The van der Waals surface area contributed by atoms with Crippen LogP contribution in [0.25, 0.3) is 0 Å². The van der Waals surface area contributed by atoms with Gasteiger partial charge in [0.05, 0.1) is 5.69 Å². The Morgan fingerprint density at radius 3 is 2.32 bits per heavy atom. The normalized spacial score (nSPS) is 12.2. The molecule has 0 aromatic heterocycles. The van der Waals surface area contributed by atoms with E-state index in [0.717, 1.165) is 12.1 Å². The Kier molecular flexibility index (Phi) is 4.05. The number of anilines is 3. The van der Waals surface area contributed by atoms with Crippen LogP contribution in [-0.4, -0.2) is 0 Å². The Balaban J connectivity index is 2.12. The summed E-state index contributed by atoms with van der Waals surface area (Å²) in [5.41, 5.74) is 8.57. The summed E-state index contributed by atoms with van der Waals surface area (Å²) < 4.78 is 13.3. The quantitative estimate of drug-likeness (QED) is 0.782. The van der Waals surface area contributed by atoms with Crippen molar-refractivity contribution in [3.63, 3.8) is 0 Å². The number of hydrogen-bond donors (Lipinski definition) is 2. The van der Waals surface area contributed by atoms with E-state index in [1.165, 1.54) is 11.6 Å². The summed E-state index contributed by atoms with van der Waals surface area (Å²) in [6, 6.07) is 12.9. The van der Waals surface area contributed by atoms with Crippen molar-refractivity contribution in [2.45, 2.75) is 26.2 Å². The van der Waals surface area contributed by atoms with Crippen LogP contribution in [0.1, 0.15) is 31.7 Å². The van der Waals surface area contributed by atoms with Gasteiger partial charge in [-0.15, -0.1) is 0 Å². The van der Waals surface area contributed by atoms with E-state index in [4.69, 9.17) is 5.73 Å². The van der Waals surface area contributed by atoms with E-state index in [9.17, 15) is 4.39 Å². The highest BCUT2D eigenvalue weighted by Gasteiger charge is 2.03. The summed E-state index contributed by atoms with van der Waals surface area (Å²) >= 11 is 0. The fourth-order valence-electron chi connectivity index (χ4n) is 1.90. The van der Waals surface area contributed by atoms with Gasteiger partial charge in [-0.1, -0.05) is 26.0 Å². The van der Waals surface area contributed by atoms with E-state index in [2.05, 4.69) is 31.3 Å². The number of rotatable bonds is 4. The van der Waals surface area contributed by atoms with Gasteiger partial charge in [0.1, 0.15) is 5.82 Å². The maximum Gasteiger partial charge on any atom is 0.148 e. The maximum absolute atomic E-state index is 13.3. The van der Waals surface area contributed by atoms with Crippen molar-refractivity contribution < 1.29 is 4.39 Å². The van der Waals surface area contributed by atoms with E-state index in [-0.39, 0.29) is 5.69 Å². The zero-order chi connectivity index (χ0) is 13.8. The molecule has 0 saturated carbocycles. The van der Waals surface area contributed by atoms with Crippen LogP contribution in [0.3, 0.4) is 0 Å². The van der Waals surface area contributed by atoms with Crippen LogP contribution < -0.4 is 11.1 Å². The Hall–Kier alpha value is -2.03. The lowest BCUT2D eigenvalue weighted by Gasteiger charge is -2.11. The zero-order valence-electron chi connectivity index (χ0n) is 11.3. The van der Waals surface area contributed by atoms with Crippen molar-refractivity contribution in [3.8, 4) is 0 Å². The Labute approximate surface area is 113 Å². The molecule has 2 nitrogen and oxygen atoms in total. The fourth-order valence-corrected chi connectivity index (χ4v) is 1.90. The summed E-state index contributed by atoms with van der Waals surface area (Å²) in [5.74, 6) is 0.157. The lowest BCUT2D eigenvalue weighted by atomic mass is 9.98. The van der Waals surface area contributed by atoms with Crippen molar-refractivity contribution in [3.05, 3.63) is 53.8 Å². The number of hydrogen-bond acceptors (Lipinski definition) is 2. The molecule has 0 aliphatic carbocycles. The Morgan fingerprint density at radius 1 is 1.11 bits per heavy atom. The molecule has 0 fully saturated rings. The number of benzene rings is 2. The lowest BCUT2D eigenvalue weighted by molar-refractivity contribution is 0.633.